The molecule has 0 radical (unpaired) electrons. The van der Waals surface area contributed by atoms with Gasteiger partial charge in [-0.25, -0.2) is 0 Å². The Bertz CT molecular complexity index is 422. The Hall–Kier alpha value is -0.520. The van der Waals surface area contributed by atoms with Gasteiger partial charge in [0.1, 0.15) is 6.04 Å². The summed E-state index contributed by atoms with van der Waals surface area (Å²) in [7, 11) is 0. The van der Waals surface area contributed by atoms with Gasteiger partial charge < -0.3 is 11.1 Å². The Balaban J connectivity index is 2.44. The molecule has 0 aliphatic carbocycles. The highest BCUT2D eigenvalue weighted by atomic mass is 79.9. The normalized spacial score (nSPS) is 18.9. The molecule has 80 valence electrons. The van der Waals surface area contributed by atoms with Crippen LogP contribution >= 0.6 is 27.7 Å². The molecular formula is C10H11BrN2OS. The van der Waals surface area contributed by atoms with Gasteiger partial charge >= 0.3 is 0 Å². The number of nitrogens with two attached hydrogens (primary N) is 1. The van der Waals surface area contributed by atoms with E-state index in [4.69, 9.17) is 5.73 Å². The fourth-order valence-electron chi connectivity index (χ4n) is 1.55. The SMILES string of the molecule is CCSc1cc2c(cc1Br)C(N)C(=O)N2. The Morgan fingerprint density at radius 3 is 3.00 bits per heavy atom. The average molecular weight is 287 g/mol. The van der Waals surface area contributed by atoms with Gasteiger partial charge in [-0.05, 0) is 33.8 Å². The number of carbonyl (C=O) groups excluding carboxylic acids is 1. The Morgan fingerprint density at radius 2 is 2.33 bits per heavy atom. The van der Waals surface area contributed by atoms with Crippen LogP contribution in [0.15, 0.2) is 21.5 Å². The van der Waals surface area contributed by atoms with Gasteiger partial charge in [-0.3, -0.25) is 4.79 Å². The highest BCUT2D eigenvalue weighted by Gasteiger charge is 2.27. The third-order valence-electron chi connectivity index (χ3n) is 2.28. The first kappa shape index (κ1) is 11.0. The van der Waals surface area contributed by atoms with Crippen molar-refractivity contribution in [2.24, 2.45) is 5.73 Å². The second-order valence-electron chi connectivity index (χ2n) is 3.27. The van der Waals surface area contributed by atoms with Crippen molar-refractivity contribution in [2.45, 2.75) is 17.9 Å². The van der Waals surface area contributed by atoms with Gasteiger partial charge in [-0.1, -0.05) is 6.92 Å². The van der Waals surface area contributed by atoms with E-state index in [1.807, 2.05) is 12.1 Å². The van der Waals surface area contributed by atoms with Crippen molar-refractivity contribution in [3.63, 3.8) is 0 Å². The minimum absolute atomic E-state index is 0.129. The van der Waals surface area contributed by atoms with Crippen LogP contribution in [0.5, 0.6) is 0 Å². The van der Waals surface area contributed by atoms with E-state index < -0.39 is 6.04 Å². The van der Waals surface area contributed by atoms with E-state index >= 15 is 0 Å². The second kappa shape index (κ2) is 4.15. The van der Waals surface area contributed by atoms with Gasteiger partial charge in [0.2, 0.25) is 5.91 Å². The number of rotatable bonds is 2. The molecule has 1 heterocycles. The fourth-order valence-corrected chi connectivity index (χ4v) is 2.97. The van der Waals surface area contributed by atoms with E-state index in [-0.39, 0.29) is 5.91 Å². The van der Waals surface area contributed by atoms with E-state index in [2.05, 4.69) is 28.2 Å². The lowest BCUT2D eigenvalue weighted by molar-refractivity contribution is -0.116. The Labute approximate surface area is 101 Å². The molecule has 1 aromatic carbocycles. The van der Waals surface area contributed by atoms with Crippen molar-refractivity contribution in [1.82, 2.24) is 0 Å². The van der Waals surface area contributed by atoms with E-state index in [0.717, 1.165) is 26.4 Å². The number of carbonyl (C=O) groups is 1. The molecule has 3 N–H and O–H groups in total. The zero-order chi connectivity index (χ0) is 11.0. The zero-order valence-electron chi connectivity index (χ0n) is 8.21. The summed E-state index contributed by atoms with van der Waals surface area (Å²) in [5, 5.41) is 2.78. The summed E-state index contributed by atoms with van der Waals surface area (Å²) in [6.07, 6.45) is 0. The van der Waals surface area contributed by atoms with Crippen molar-refractivity contribution in [3.05, 3.63) is 22.2 Å². The summed E-state index contributed by atoms with van der Waals surface area (Å²) in [6.45, 7) is 2.09. The molecule has 0 spiro atoms. The van der Waals surface area contributed by atoms with Crippen molar-refractivity contribution in [2.75, 3.05) is 11.1 Å². The lowest BCUT2D eigenvalue weighted by atomic mass is 10.1. The van der Waals surface area contributed by atoms with Crippen LogP contribution in [-0.4, -0.2) is 11.7 Å². The van der Waals surface area contributed by atoms with Crippen LogP contribution in [0, 0.1) is 0 Å². The number of hydrogen-bond acceptors (Lipinski definition) is 3. The van der Waals surface area contributed by atoms with Crippen molar-refractivity contribution >= 4 is 39.3 Å². The van der Waals surface area contributed by atoms with Crippen LogP contribution in [-0.2, 0) is 4.79 Å². The maximum absolute atomic E-state index is 11.4. The largest absolute Gasteiger partial charge is 0.324 e. The lowest BCUT2D eigenvalue weighted by Crippen LogP contribution is -2.19. The third kappa shape index (κ3) is 1.91. The van der Waals surface area contributed by atoms with Crippen LogP contribution in [0.2, 0.25) is 0 Å². The molecule has 15 heavy (non-hydrogen) atoms. The number of anilines is 1. The number of nitrogens with one attached hydrogen (secondary N) is 1. The molecule has 1 unspecified atom stereocenters. The van der Waals surface area contributed by atoms with Crippen molar-refractivity contribution in [1.29, 1.82) is 0 Å². The number of amides is 1. The number of hydrogen-bond donors (Lipinski definition) is 2. The molecule has 0 bridgehead atoms. The van der Waals surface area contributed by atoms with Gasteiger partial charge in [-0.2, -0.15) is 0 Å². The molecule has 0 saturated heterocycles. The van der Waals surface area contributed by atoms with Crippen molar-refractivity contribution in [3.8, 4) is 0 Å². The van der Waals surface area contributed by atoms with Gasteiger partial charge in [0.25, 0.3) is 0 Å². The van der Waals surface area contributed by atoms with Gasteiger partial charge in [0.05, 0.1) is 0 Å². The van der Waals surface area contributed by atoms with Crippen LogP contribution in [0.25, 0.3) is 0 Å². The number of fused-ring (bicyclic) bond motifs is 1. The molecule has 1 aliphatic rings. The smallest absolute Gasteiger partial charge is 0.245 e. The summed E-state index contributed by atoms with van der Waals surface area (Å²) < 4.78 is 1.00. The summed E-state index contributed by atoms with van der Waals surface area (Å²) in [4.78, 5) is 12.5. The average Bonchev–Trinajstić information content (AvgIpc) is 2.46. The molecule has 0 aromatic heterocycles. The summed E-state index contributed by atoms with van der Waals surface area (Å²) >= 11 is 5.21. The third-order valence-corrected chi connectivity index (χ3v) is 4.14. The molecular weight excluding hydrogens is 276 g/mol. The standard InChI is InChI=1S/C10H11BrN2OS/c1-2-15-8-4-7-5(3-6(8)11)9(12)10(14)13-7/h3-4,9H,2,12H2,1H3,(H,13,14). The van der Waals surface area contributed by atoms with Gasteiger partial charge in [-0.15, -0.1) is 11.8 Å². The summed E-state index contributed by atoms with van der Waals surface area (Å²) in [5.74, 6) is 0.868. The second-order valence-corrected chi connectivity index (χ2v) is 5.43. The lowest BCUT2D eigenvalue weighted by Gasteiger charge is -2.07. The van der Waals surface area contributed by atoms with E-state index in [1.54, 1.807) is 11.8 Å². The molecule has 2 rings (SSSR count). The van der Waals surface area contributed by atoms with Crippen LogP contribution in [0.4, 0.5) is 5.69 Å². The van der Waals surface area contributed by atoms with Crippen LogP contribution < -0.4 is 11.1 Å². The molecule has 1 atom stereocenters. The summed E-state index contributed by atoms with van der Waals surface area (Å²) in [6, 6.07) is 3.37. The van der Waals surface area contributed by atoms with Gasteiger partial charge in [0, 0.05) is 20.6 Å². The molecule has 1 amide bonds. The minimum Gasteiger partial charge on any atom is -0.324 e. The predicted molar refractivity (Wildman–Crippen MR) is 66.1 cm³/mol. The number of benzene rings is 1. The molecule has 5 heteroatoms. The fraction of sp³-hybridized carbons (Fsp3) is 0.300. The predicted octanol–water partition coefficient (Wildman–Crippen LogP) is 2.51. The van der Waals surface area contributed by atoms with E-state index in [9.17, 15) is 4.79 Å². The molecule has 1 aromatic rings. The minimum atomic E-state index is -0.531. The van der Waals surface area contributed by atoms with E-state index in [1.165, 1.54) is 0 Å². The molecule has 1 aliphatic heterocycles. The molecule has 3 nitrogen and oxygen atoms in total. The topological polar surface area (TPSA) is 55.1 Å². The zero-order valence-corrected chi connectivity index (χ0v) is 10.6. The maximum Gasteiger partial charge on any atom is 0.245 e. The Kier molecular flexibility index (Phi) is 3.04. The molecule has 0 saturated carbocycles. The number of halogens is 1. The van der Waals surface area contributed by atoms with Crippen LogP contribution in [0.3, 0.4) is 0 Å². The first-order valence-electron chi connectivity index (χ1n) is 4.66. The first-order valence-corrected chi connectivity index (χ1v) is 6.44. The summed E-state index contributed by atoms with van der Waals surface area (Å²) in [5.41, 5.74) is 7.45. The first-order chi connectivity index (χ1) is 7.13. The highest BCUT2D eigenvalue weighted by Crippen LogP contribution is 2.37. The quantitative estimate of drug-likeness (QED) is 0.822. The van der Waals surface area contributed by atoms with Crippen molar-refractivity contribution < 1.29 is 4.79 Å². The maximum atomic E-state index is 11.4. The monoisotopic (exact) mass is 286 g/mol. The number of thioether (sulfide) groups is 1. The Morgan fingerprint density at radius 1 is 1.60 bits per heavy atom. The van der Waals surface area contributed by atoms with Crippen LogP contribution in [0.1, 0.15) is 18.5 Å². The highest BCUT2D eigenvalue weighted by molar-refractivity contribution is 9.10. The van der Waals surface area contributed by atoms with Gasteiger partial charge in [0.15, 0.2) is 0 Å². The molecule has 0 fully saturated rings. The van der Waals surface area contributed by atoms with E-state index in [0.29, 0.717) is 0 Å².